The van der Waals surface area contributed by atoms with E-state index in [1.54, 1.807) is 0 Å². The van der Waals surface area contributed by atoms with Crippen molar-refractivity contribution >= 4 is 21.6 Å². The van der Waals surface area contributed by atoms with Crippen LogP contribution in [0.5, 0.6) is 0 Å². The lowest BCUT2D eigenvalue weighted by molar-refractivity contribution is 0.276. The molecule has 1 saturated carbocycles. The van der Waals surface area contributed by atoms with Crippen LogP contribution in [0.15, 0.2) is 16.9 Å². The summed E-state index contributed by atoms with van der Waals surface area (Å²) in [6, 6.07) is 2.77. The van der Waals surface area contributed by atoms with Crippen LogP contribution in [0, 0.1) is 18.8 Å². The van der Waals surface area contributed by atoms with E-state index >= 15 is 0 Å². The van der Waals surface area contributed by atoms with Crippen LogP contribution < -0.4 is 5.32 Å². The van der Waals surface area contributed by atoms with Gasteiger partial charge in [-0.1, -0.05) is 13.8 Å². The van der Waals surface area contributed by atoms with Crippen LogP contribution in [0.3, 0.4) is 0 Å². The van der Waals surface area contributed by atoms with E-state index < -0.39 is 0 Å². The van der Waals surface area contributed by atoms with Crippen LogP contribution in [0.25, 0.3) is 0 Å². The third-order valence-corrected chi connectivity index (χ3v) is 4.63. The Kier molecular flexibility index (Phi) is 4.08. The number of nitrogens with zero attached hydrogens (tertiary/aromatic N) is 1. The number of anilines is 1. The summed E-state index contributed by atoms with van der Waals surface area (Å²) in [5.41, 5.74) is 2.34. The number of aryl methyl sites for hydroxylation is 1. The predicted molar refractivity (Wildman–Crippen MR) is 76.3 cm³/mol. The summed E-state index contributed by atoms with van der Waals surface area (Å²) in [6.45, 7) is 6.79. The summed E-state index contributed by atoms with van der Waals surface area (Å²) in [7, 11) is 0. The highest BCUT2D eigenvalue weighted by molar-refractivity contribution is 9.10. The maximum Gasteiger partial charge on any atom is 0.109 e. The van der Waals surface area contributed by atoms with E-state index in [-0.39, 0.29) is 0 Å². The SMILES string of the molecule is Cc1cc(NC2CCC(C)CC2C)cnc1Br. The zero-order valence-electron chi connectivity index (χ0n) is 10.8. The topological polar surface area (TPSA) is 24.9 Å². The zero-order chi connectivity index (χ0) is 12.4. The molecule has 0 aliphatic heterocycles. The average Bonchev–Trinajstić information content (AvgIpc) is 2.27. The van der Waals surface area contributed by atoms with Gasteiger partial charge in [0.2, 0.25) is 0 Å². The van der Waals surface area contributed by atoms with Gasteiger partial charge in [0.25, 0.3) is 0 Å². The molecule has 1 heterocycles. The number of aromatic nitrogens is 1. The van der Waals surface area contributed by atoms with Crippen molar-refractivity contribution in [1.82, 2.24) is 4.98 Å². The summed E-state index contributed by atoms with van der Waals surface area (Å²) in [5, 5.41) is 3.64. The second-order valence-corrected chi connectivity index (χ2v) is 6.23. The molecule has 2 rings (SSSR count). The van der Waals surface area contributed by atoms with Gasteiger partial charge in [0.05, 0.1) is 11.9 Å². The van der Waals surface area contributed by atoms with Crippen molar-refractivity contribution in [1.29, 1.82) is 0 Å². The lowest BCUT2D eigenvalue weighted by Gasteiger charge is -2.33. The normalized spacial score (nSPS) is 29.1. The second kappa shape index (κ2) is 5.38. The molecule has 3 atom stereocenters. The summed E-state index contributed by atoms with van der Waals surface area (Å²) in [5.74, 6) is 1.63. The molecule has 0 aromatic carbocycles. The highest BCUT2D eigenvalue weighted by Gasteiger charge is 2.25. The summed E-state index contributed by atoms with van der Waals surface area (Å²) >= 11 is 3.44. The Bertz CT molecular complexity index is 392. The minimum atomic E-state index is 0.605. The number of halogens is 1. The van der Waals surface area contributed by atoms with Gasteiger partial charge in [0.15, 0.2) is 0 Å². The molecule has 1 aromatic rings. The van der Waals surface area contributed by atoms with Crippen LogP contribution in [0.2, 0.25) is 0 Å². The first-order chi connectivity index (χ1) is 8.06. The number of rotatable bonds is 2. The quantitative estimate of drug-likeness (QED) is 0.819. The molecule has 2 nitrogen and oxygen atoms in total. The Morgan fingerprint density at radius 2 is 2.12 bits per heavy atom. The molecule has 17 heavy (non-hydrogen) atoms. The highest BCUT2D eigenvalue weighted by atomic mass is 79.9. The van der Waals surface area contributed by atoms with Gasteiger partial charge in [-0.2, -0.15) is 0 Å². The first-order valence-electron chi connectivity index (χ1n) is 6.45. The van der Waals surface area contributed by atoms with Gasteiger partial charge < -0.3 is 5.32 Å². The van der Waals surface area contributed by atoms with E-state index in [9.17, 15) is 0 Å². The molecule has 1 N–H and O–H groups in total. The second-order valence-electron chi connectivity index (χ2n) is 5.48. The van der Waals surface area contributed by atoms with Crippen LogP contribution in [0.4, 0.5) is 5.69 Å². The molecule has 0 saturated heterocycles. The largest absolute Gasteiger partial charge is 0.381 e. The summed E-state index contributed by atoms with van der Waals surface area (Å²) < 4.78 is 0.938. The first kappa shape index (κ1) is 12.9. The molecule has 1 aliphatic rings. The third-order valence-electron chi connectivity index (χ3n) is 3.80. The molecular weight excluding hydrogens is 276 g/mol. The molecular formula is C14H21BrN2. The third kappa shape index (κ3) is 3.21. The monoisotopic (exact) mass is 296 g/mol. The molecule has 1 fully saturated rings. The minimum Gasteiger partial charge on any atom is -0.381 e. The fourth-order valence-electron chi connectivity index (χ4n) is 2.73. The van der Waals surface area contributed by atoms with Gasteiger partial charge >= 0.3 is 0 Å². The summed E-state index contributed by atoms with van der Waals surface area (Å²) in [4.78, 5) is 4.34. The fourth-order valence-corrected chi connectivity index (χ4v) is 2.95. The Morgan fingerprint density at radius 1 is 1.35 bits per heavy atom. The lowest BCUT2D eigenvalue weighted by Crippen LogP contribution is -2.33. The molecule has 1 aliphatic carbocycles. The molecule has 0 spiro atoms. The summed E-state index contributed by atoms with van der Waals surface area (Å²) in [6.07, 6.45) is 5.87. The predicted octanol–water partition coefficient (Wildman–Crippen LogP) is 4.39. The number of hydrogen-bond donors (Lipinski definition) is 1. The Morgan fingerprint density at radius 3 is 2.76 bits per heavy atom. The molecule has 1 aromatic heterocycles. The Balaban J connectivity index is 2.02. The van der Waals surface area contributed by atoms with Gasteiger partial charge in [-0.25, -0.2) is 4.98 Å². The van der Waals surface area contributed by atoms with Crippen LogP contribution in [-0.4, -0.2) is 11.0 Å². The molecule has 3 heteroatoms. The van der Waals surface area contributed by atoms with Gasteiger partial charge in [-0.05, 0) is 65.6 Å². The van der Waals surface area contributed by atoms with Crippen molar-refractivity contribution < 1.29 is 0 Å². The molecule has 94 valence electrons. The number of nitrogens with one attached hydrogen (secondary N) is 1. The standard InChI is InChI=1S/C14H21BrN2/c1-9-4-5-13(10(2)6-9)17-12-7-11(3)14(15)16-8-12/h7-10,13,17H,4-6H2,1-3H3. The molecule has 0 amide bonds. The van der Waals surface area contributed by atoms with Crippen molar-refractivity contribution in [2.75, 3.05) is 5.32 Å². The number of pyridine rings is 1. The zero-order valence-corrected chi connectivity index (χ0v) is 12.4. The minimum absolute atomic E-state index is 0.605. The van der Waals surface area contributed by atoms with Gasteiger partial charge in [-0.3, -0.25) is 0 Å². The maximum atomic E-state index is 4.34. The van der Waals surface area contributed by atoms with E-state index in [1.807, 2.05) is 6.20 Å². The fraction of sp³-hybridized carbons (Fsp3) is 0.643. The van der Waals surface area contributed by atoms with Gasteiger partial charge in [0.1, 0.15) is 4.60 Å². The van der Waals surface area contributed by atoms with Crippen molar-refractivity contribution in [2.45, 2.75) is 46.1 Å². The van der Waals surface area contributed by atoms with E-state index in [0.717, 1.165) is 22.1 Å². The molecule has 0 bridgehead atoms. The number of hydrogen-bond acceptors (Lipinski definition) is 2. The van der Waals surface area contributed by atoms with Crippen molar-refractivity contribution in [2.24, 2.45) is 11.8 Å². The van der Waals surface area contributed by atoms with Crippen molar-refractivity contribution in [3.05, 3.63) is 22.4 Å². The highest BCUT2D eigenvalue weighted by Crippen LogP contribution is 2.31. The van der Waals surface area contributed by atoms with E-state index in [4.69, 9.17) is 0 Å². The van der Waals surface area contributed by atoms with Crippen molar-refractivity contribution in [3.8, 4) is 0 Å². The van der Waals surface area contributed by atoms with Gasteiger partial charge in [0, 0.05) is 6.04 Å². The van der Waals surface area contributed by atoms with Gasteiger partial charge in [-0.15, -0.1) is 0 Å². The average molecular weight is 297 g/mol. The van der Waals surface area contributed by atoms with Crippen LogP contribution in [0.1, 0.15) is 38.7 Å². The Labute approximate surface area is 112 Å². The molecule has 0 radical (unpaired) electrons. The maximum absolute atomic E-state index is 4.34. The lowest BCUT2D eigenvalue weighted by atomic mass is 9.80. The van der Waals surface area contributed by atoms with Crippen LogP contribution in [-0.2, 0) is 0 Å². The smallest absolute Gasteiger partial charge is 0.109 e. The first-order valence-corrected chi connectivity index (χ1v) is 7.24. The van der Waals surface area contributed by atoms with E-state index in [2.05, 4.69) is 53.1 Å². The van der Waals surface area contributed by atoms with Crippen molar-refractivity contribution in [3.63, 3.8) is 0 Å². The van der Waals surface area contributed by atoms with E-state index in [1.165, 1.54) is 24.8 Å². The molecule has 3 unspecified atom stereocenters. The van der Waals surface area contributed by atoms with Crippen LogP contribution >= 0.6 is 15.9 Å². The Hall–Kier alpha value is -0.570. The van der Waals surface area contributed by atoms with E-state index in [0.29, 0.717) is 6.04 Å².